The van der Waals surface area contributed by atoms with E-state index < -0.39 is 0 Å². The van der Waals surface area contributed by atoms with Crippen molar-refractivity contribution < 1.29 is 0 Å². The first-order valence-corrected chi connectivity index (χ1v) is 4.32. The highest BCUT2D eigenvalue weighted by molar-refractivity contribution is 5.25. The van der Waals surface area contributed by atoms with Crippen LogP contribution in [-0.2, 0) is 20.6 Å². The van der Waals surface area contributed by atoms with Crippen LogP contribution in [0.2, 0.25) is 0 Å². The zero-order valence-electron chi connectivity index (χ0n) is 8.18. The van der Waals surface area contributed by atoms with E-state index in [-0.39, 0.29) is 0 Å². The van der Waals surface area contributed by atoms with E-state index in [0.717, 1.165) is 11.6 Å². The van der Waals surface area contributed by atoms with Gasteiger partial charge < -0.3 is 9.88 Å². The molecule has 0 radical (unpaired) electrons. The predicted molar refractivity (Wildman–Crippen MR) is 51.5 cm³/mol. The highest BCUT2D eigenvalue weighted by Gasteiger charge is 2.00. The first kappa shape index (κ1) is 8.74. The fourth-order valence-corrected chi connectivity index (χ4v) is 1.17. The van der Waals surface area contributed by atoms with Crippen LogP contribution < -0.4 is 5.32 Å². The van der Waals surface area contributed by atoms with E-state index in [4.69, 9.17) is 0 Å². The molecule has 0 saturated heterocycles. The predicted octanol–water partition coefficient (Wildman–Crippen LogP) is 0.161. The number of nitrogens with zero attached hydrogens (tertiary/aromatic N) is 5. The molecule has 0 aliphatic heterocycles. The quantitative estimate of drug-likeness (QED) is 0.752. The normalized spacial score (nSPS) is 10.4. The van der Waals surface area contributed by atoms with E-state index in [0.29, 0.717) is 6.54 Å². The summed E-state index contributed by atoms with van der Waals surface area (Å²) >= 11 is 0. The summed E-state index contributed by atoms with van der Waals surface area (Å²) in [5.74, 6) is 0.829. The van der Waals surface area contributed by atoms with Crippen molar-refractivity contribution in [3.63, 3.8) is 0 Å². The highest BCUT2D eigenvalue weighted by atomic mass is 15.4. The van der Waals surface area contributed by atoms with E-state index in [2.05, 4.69) is 20.5 Å². The lowest BCUT2D eigenvalue weighted by Crippen LogP contribution is -2.05. The monoisotopic (exact) mass is 192 g/mol. The van der Waals surface area contributed by atoms with Gasteiger partial charge in [0.25, 0.3) is 0 Å². The Kier molecular flexibility index (Phi) is 2.18. The zero-order valence-corrected chi connectivity index (χ0v) is 8.18. The lowest BCUT2D eigenvalue weighted by Gasteiger charge is -2.02. The molecule has 2 aromatic heterocycles. The molecule has 0 aliphatic rings. The van der Waals surface area contributed by atoms with Crippen molar-refractivity contribution in [3.8, 4) is 0 Å². The van der Waals surface area contributed by atoms with E-state index >= 15 is 0 Å². The van der Waals surface area contributed by atoms with Gasteiger partial charge in [-0.05, 0) is 0 Å². The molecule has 0 amide bonds. The average Bonchev–Trinajstić information content (AvgIpc) is 2.72. The average molecular weight is 192 g/mol. The SMILES string of the molecule is Cn1ncc(CNc2nccn2C)n1. The summed E-state index contributed by atoms with van der Waals surface area (Å²) in [4.78, 5) is 5.67. The van der Waals surface area contributed by atoms with Crippen molar-refractivity contribution in [1.29, 1.82) is 0 Å². The van der Waals surface area contributed by atoms with Crippen molar-refractivity contribution in [2.24, 2.45) is 14.1 Å². The van der Waals surface area contributed by atoms with E-state index in [1.807, 2.05) is 17.8 Å². The summed E-state index contributed by atoms with van der Waals surface area (Å²) < 4.78 is 1.91. The number of imidazole rings is 1. The number of rotatable bonds is 3. The third kappa shape index (κ3) is 1.73. The van der Waals surface area contributed by atoms with Gasteiger partial charge in [0.2, 0.25) is 5.95 Å². The molecule has 0 fully saturated rings. The second-order valence-corrected chi connectivity index (χ2v) is 3.04. The zero-order chi connectivity index (χ0) is 9.97. The Bertz CT molecular complexity index is 415. The molecule has 14 heavy (non-hydrogen) atoms. The van der Waals surface area contributed by atoms with Crippen molar-refractivity contribution in [3.05, 3.63) is 24.3 Å². The van der Waals surface area contributed by atoms with Crippen LogP contribution in [0, 0.1) is 0 Å². The molecular formula is C8H12N6. The Balaban J connectivity index is 1.98. The van der Waals surface area contributed by atoms with Crippen molar-refractivity contribution in [1.82, 2.24) is 24.5 Å². The summed E-state index contributed by atoms with van der Waals surface area (Å²) in [6.07, 6.45) is 5.37. The molecule has 2 heterocycles. The minimum atomic E-state index is 0.638. The van der Waals surface area contributed by atoms with Crippen LogP contribution in [0.15, 0.2) is 18.6 Å². The second-order valence-electron chi connectivity index (χ2n) is 3.04. The maximum atomic E-state index is 4.15. The number of aromatic nitrogens is 5. The van der Waals surface area contributed by atoms with Crippen molar-refractivity contribution >= 4 is 5.95 Å². The van der Waals surface area contributed by atoms with Gasteiger partial charge >= 0.3 is 0 Å². The molecular weight excluding hydrogens is 180 g/mol. The van der Waals surface area contributed by atoms with E-state index in [1.165, 1.54) is 4.80 Å². The second kappa shape index (κ2) is 3.49. The van der Waals surface area contributed by atoms with Crippen LogP contribution >= 0.6 is 0 Å². The Morgan fingerprint density at radius 2 is 2.29 bits per heavy atom. The van der Waals surface area contributed by atoms with Crippen LogP contribution in [0.3, 0.4) is 0 Å². The fourth-order valence-electron chi connectivity index (χ4n) is 1.17. The summed E-state index contributed by atoms with van der Waals surface area (Å²) in [5, 5.41) is 11.3. The lowest BCUT2D eigenvalue weighted by atomic mass is 10.5. The summed E-state index contributed by atoms with van der Waals surface area (Å²) in [6.45, 7) is 0.638. The Hall–Kier alpha value is -1.85. The smallest absolute Gasteiger partial charge is 0.202 e. The van der Waals surface area contributed by atoms with Gasteiger partial charge in [0.1, 0.15) is 5.69 Å². The van der Waals surface area contributed by atoms with Gasteiger partial charge in [0.15, 0.2) is 0 Å². The first-order valence-electron chi connectivity index (χ1n) is 4.32. The number of hydrogen-bond acceptors (Lipinski definition) is 4. The molecule has 0 aliphatic carbocycles. The fraction of sp³-hybridized carbons (Fsp3) is 0.375. The first-order chi connectivity index (χ1) is 6.75. The van der Waals surface area contributed by atoms with Gasteiger partial charge in [-0.15, -0.1) is 0 Å². The van der Waals surface area contributed by atoms with Crippen LogP contribution in [-0.4, -0.2) is 24.5 Å². The number of anilines is 1. The molecule has 6 heteroatoms. The van der Waals surface area contributed by atoms with Crippen LogP contribution in [0.4, 0.5) is 5.95 Å². The summed E-state index contributed by atoms with van der Waals surface area (Å²) in [5.41, 5.74) is 0.899. The molecule has 0 unspecified atom stereocenters. The molecule has 6 nitrogen and oxygen atoms in total. The van der Waals surface area contributed by atoms with Gasteiger partial charge in [-0.25, -0.2) is 4.98 Å². The lowest BCUT2D eigenvalue weighted by molar-refractivity contribution is 0.646. The largest absolute Gasteiger partial charge is 0.350 e. The van der Waals surface area contributed by atoms with Gasteiger partial charge in [0, 0.05) is 26.5 Å². The topological polar surface area (TPSA) is 60.6 Å². The van der Waals surface area contributed by atoms with Gasteiger partial charge in [-0.1, -0.05) is 0 Å². The molecule has 0 saturated carbocycles. The maximum Gasteiger partial charge on any atom is 0.202 e. The minimum Gasteiger partial charge on any atom is -0.350 e. The molecule has 0 atom stereocenters. The van der Waals surface area contributed by atoms with E-state index in [1.54, 1.807) is 19.4 Å². The maximum absolute atomic E-state index is 4.15. The third-order valence-electron chi connectivity index (χ3n) is 1.90. The Morgan fingerprint density at radius 1 is 1.43 bits per heavy atom. The van der Waals surface area contributed by atoms with Crippen molar-refractivity contribution in [2.75, 3.05) is 5.32 Å². The Morgan fingerprint density at radius 3 is 2.86 bits per heavy atom. The summed E-state index contributed by atoms with van der Waals surface area (Å²) in [6, 6.07) is 0. The number of hydrogen-bond donors (Lipinski definition) is 1. The number of nitrogens with one attached hydrogen (secondary N) is 1. The molecule has 0 bridgehead atoms. The molecule has 74 valence electrons. The standard InChI is InChI=1S/C8H12N6/c1-13-4-3-9-8(13)10-5-7-6-11-14(2)12-7/h3-4,6H,5H2,1-2H3,(H,9,10). The van der Waals surface area contributed by atoms with Crippen molar-refractivity contribution in [2.45, 2.75) is 6.54 Å². The third-order valence-corrected chi connectivity index (χ3v) is 1.90. The molecule has 2 rings (SSSR count). The molecule has 0 aromatic carbocycles. The minimum absolute atomic E-state index is 0.638. The molecule has 0 spiro atoms. The molecule has 1 N–H and O–H groups in total. The summed E-state index contributed by atoms with van der Waals surface area (Å²) in [7, 11) is 3.73. The number of aryl methyl sites for hydroxylation is 2. The van der Waals surface area contributed by atoms with Crippen LogP contribution in [0.5, 0.6) is 0 Å². The molecule has 2 aromatic rings. The van der Waals surface area contributed by atoms with Gasteiger partial charge in [-0.3, -0.25) is 0 Å². The highest BCUT2D eigenvalue weighted by Crippen LogP contribution is 2.02. The van der Waals surface area contributed by atoms with E-state index in [9.17, 15) is 0 Å². The Labute approximate surface area is 81.6 Å². The van der Waals surface area contributed by atoms with Gasteiger partial charge in [0.05, 0.1) is 12.7 Å². The van der Waals surface area contributed by atoms with Crippen LogP contribution in [0.25, 0.3) is 0 Å². The van der Waals surface area contributed by atoms with Crippen LogP contribution in [0.1, 0.15) is 5.69 Å². The van der Waals surface area contributed by atoms with Gasteiger partial charge in [-0.2, -0.15) is 15.0 Å².